The van der Waals surface area contributed by atoms with Crippen LogP contribution in [-0.4, -0.2) is 11.6 Å². The van der Waals surface area contributed by atoms with E-state index in [4.69, 9.17) is 15.2 Å². The second-order valence-electron chi connectivity index (χ2n) is 1.72. The minimum absolute atomic E-state index is 0.110. The number of nitrogens with zero attached hydrogens (tertiary/aromatic N) is 1. The van der Waals surface area contributed by atoms with Crippen LogP contribution >= 0.6 is 0 Å². The van der Waals surface area contributed by atoms with Gasteiger partial charge in [-0.15, -0.1) is 0 Å². The van der Waals surface area contributed by atoms with E-state index in [1.54, 1.807) is 0 Å². The van der Waals surface area contributed by atoms with Gasteiger partial charge in [0.2, 0.25) is 0 Å². The second kappa shape index (κ2) is 12.8. The Morgan fingerprint density at radius 3 is 1.92 bits per heavy atom. The van der Waals surface area contributed by atoms with E-state index in [0.29, 0.717) is 6.47 Å². The van der Waals surface area contributed by atoms with Crippen molar-refractivity contribution < 1.29 is 15.0 Å². The van der Waals surface area contributed by atoms with Crippen LogP contribution in [0.5, 0.6) is 0 Å². The van der Waals surface area contributed by atoms with E-state index in [-0.39, 0.29) is 6.61 Å². The first-order valence-corrected chi connectivity index (χ1v) is 3.24. The van der Waals surface area contributed by atoms with Crippen molar-refractivity contribution in [3.63, 3.8) is 0 Å². The van der Waals surface area contributed by atoms with Gasteiger partial charge in [-0.1, -0.05) is 30.3 Å². The molecule has 4 nitrogen and oxygen atoms in total. The average Bonchev–Trinajstić information content (AvgIpc) is 2.23. The number of rotatable bonds is 1. The van der Waals surface area contributed by atoms with Crippen molar-refractivity contribution in [2.75, 3.05) is 0 Å². The van der Waals surface area contributed by atoms with Gasteiger partial charge in [0.25, 0.3) is 0 Å². The van der Waals surface area contributed by atoms with Crippen LogP contribution in [0, 0.1) is 11.8 Å². The molecule has 0 heterocycles. The highest BCUT2D eigenvalue weighted by Gasteiger charge is 1.82. The zero-order chi connectivity index (χ0) is 10.5. The summed E-state index contributed by atoms with van der Waals surface area (Å²) in [5.74, 6) is 0. The number of hydrogen-bond acceptors (Lipinski definition) is 2. The minimum atomic E-state index is -0.110. The smallest absolute Gasteiger partial charge is 0.414 e. The molecule has 0 aromatic heterocycles. The third kappa shape index (κ3) is 10.1. The van der Waals surface area contributed by atoms with Crippen molar-refractivity contribution in [1.82, 2.24) is 0 Å². The predicted molar refractivity (Wildman–Crippen MR) is 45.8 cm³/mol. The Labute approximate surface area is 76.7 Å². The zero-order valence-electron chi connectivity index (χ0n) is 6.88. The van der Waals surface area contributed by atoms with Crippen LogP contribution in [0.15, 0.2) is 30.3 Å². The quantitative estimate of drug-likeness (QED) is 0.706. The molecule has 1 aromatic carbocycles. The van der Waals surface area contributed by atoms with Gasteiger partial charge in [-0.25, -0.2) is 15.2 Å². The molecular weight excluding hydrogens is 170 g/mol. The summed E-state index contributed by atoms with van der Waals surface area (Å²) < 4.78 is 0. The fourth-order valence-corrected chi connectivity index (χ4v) is 0.574. The summed E-state index contributed by atoms with van der Waals surface area (Å²) in [5, 5.41) is 23.4. The molecule has 68 valence electrons. The Kier molecular flexibility index (Phi) is 13.5. The molecule has 2 radical (unpaired) electrons. The molecule has 0 spiro atoms. The second-order valence-corrected chi connectivity index (χ2v) is 1.72. The predicted octanol–water partition coefficient (Wildman–Crippen LogP) is 1.37. The first-order chi connectivity index (χ1) is 6.35. The van der Waals surface area contributed by atoms with Crippen molar-refractivity contribution in [1.29, 1.82) is 5.26 Å². The van der Waals surface area contributed by atoms with Crippen LogP contribution in [0.4, 0.5) is 0 Å². The Hall–Kier alpha value is -1.86. The van der Waals surface area contributed by atoms with Gasteiger partial charge in [-0.3, -0.25) is 0 Å². The van der Waals surface area contributed by atoms with Crippen molar-refractivity contribution in [3.05, 3.63) is 35.9 Å². The Balaban J connectivity index is 0. The summed E-state index contributed by atoms with van der Waals surface area (Å²) in [7, 11) is 0. The van der Waals surface area contributed by atoms with Crippen LogP contribution in [-0.2, 0) is 16.5 Å². The van der Waals surface area contributed by atoms with Gasteiger partial charge in [0.05, 0.1) is 0 Å². The first-order valence-electron chi connectivity index (χ1n) is 3.24. The highest BCUT2D eigenvalue weighted by atomic mass is 16.3. The summed E-state index contributed by atoms with van der Waals surface area (Å²) in [5.41, 5.74) is 0.854. The van der Waals surface area contributed by atoms with Crippen LogP contribution in [0.2, 0.25) is 0 Å². The van der Waals surface area contributed by atoms with Crippen LogP contribution in [0.1, 0.15) is 5.56 Å². The van der Waals surface area contributed by atoms with E-state index >= 15 is 0 Å². The maximum atomic E-state index is 10.1. The summed E-state index contributed by atoms with van der Waals surface area (Å²) >= 11 is 0. The Bertz CT molecular complexity index is 221. The molecule has 0 saturated carbocycles. The van der Waals surface area contributed by atoms with Crippen molar-refractivity contribution >= 4 is 6.47 Å². The highest BCUT2D eigenvalue weighted by molar-refractivity contribution is 5.34. The van der Waals surface area contributed by atoms with Gasteiger partial charge in [0.15, 0.2) is 0 Å². The van der Waals surface area contributed by atoms with Crippen molar-refractivity contribution in [3.8, 4) is 6.57 Å². The van der Waals surface area contributed by atoms with E-state index < -0.39 is 0 Å². The minimum Gasteiger partial charge on any atom is -0.473 e. The van der Waals surface area contributed by atoms with Gasteiger partial charge in [-0.05, 0) is 5.56 Å². The van der Waals surface area contributed by atoms with Gasteiger partial charge in [-0.2, -0.15) is 0 Å². The molecule has 1 aromatic rings. The molecule has 0 atom stereocenters. The number of benzene rings is 1. The number of aliphatic hydroxyl groups excluding tert-OH is 1. The molecule has 13 heavy (non-hydrogen) atoms. The Morgan fingerprint density at radius 2 is 1.69 bits per heavy atom. The SMILES string of the molecule is C#N.O=[C]O.[O]Cc1ccccc1. The normalized spacial score (nSPS) is 6.69. The fourth-order valence-electron chi connectivity index (χ4n) is 0.574. The third-order valence-electron chi connectivity index (χ3n) is 1.01. The molecule has 0 aliphatic rings. The lowest BCUT2D eigenvalue weighted by Crippen LogP contribution is -1.75. The molecule has 4 heteroatoms. The molecule has 0 saturated heterocycles. The summed E-state index contributed by atoms with van der Waals surface area (Å²) in [4.78, 5) is 8.24. The molecule has 0 amide bonds. The number of hydrogen-bond donors (Lipinski definition) is 1. The zero-order valence-corrected chi connectivity index (χ0v) is 6.88. The van der Waals surface area contributed by atoms with Crippen molar-refractivity contribution in [2.24, 2.45) is 0 Å². The van der Waals surface area contributed by atoms with Crippen molar-refractivity contribution in [2.45, 2.75) is 6.61 Å². The van der Waals surface area contributed by atoms with Gasteiger partial charge in [0.1, 0.15) is 6.61 Å². The lowest BCUT2D eigenvalue weighted by molar-refractivity contribution is 0.177. The third-order valence-corrected chi connectivity index (χ3v) is 1.01. The van der Waals surface area contributed by atoms with Crippen LogP contribution < -0.4 is 0 Å². The summed E-state index contributed by atoms with van der Waals surface area (Å²) in [6, 6.07) is 9.29. The molecule has 1 N–H and O–H groups in total. The topological polar surface area (TPSA) is 81.0 Å². The molecule has 0 unspecified atom stereocenters. The first kappa shape index (κ1) is 13.7. The van der Waals surface area contributed by atoms with Crippen LogP contribution in [0.25, 0.3) is 0 Å². The molecule has 0 bridgehead atoms. The van der Waals surface area contributed by atoms with E-state index in [0.717, 1.165) is 5.56 Å². The average molecular weight is 179 g/mol. The van der Waals surface area contributed by atoms with Gasteiger partial charge >= 0.3 is 6.47 Å². The largest absolute Gasteiger partial charge is 0.473 e. The summed E-state index contributed by atoms with van der Waals surface area (Å²) in [6.45, 7) is 3.89. The maximum Gasteiger partial charge on any atom is 0.414 e. The maximum absolute atomic E-state index is 10.1. The lowest BCUT2D eigenvalue weighted by atomic mass is 10.2. The molecular formula is C9H9NO3. The molecule has 1 rings (SSSR count). The lowest BCUT2D eigenvalue weighted by Gasteiger charge is -1.87. The fraction of sp³-hybridized carbons (Fsp3) is 0.111. The van der Waals surface area contributed by atoms with E-state index in [1.807, 2.05) is 30.3 Å². The van der Waals surface area contributed by atoms with Gasteiger partial charge in [0, 0.05) is 6.57 Å². The van der Waals surface area contributed by atoms with E-state index in [1.165, 1.54) is 0 Å². The molecule has 0 aliphatic heterocycles. The van der Waals surface area contributed by atoms with E-state index in [2.05, 4.69) is 6.57 Å². The monoisotopic (exact) mass is 179 g/mol. The number of nitriles is 1. The van der Waals surface area contributed by atoms with Crippen LogP contribution in [0.3, 0.4) is 0 Å². The summed E-state index contributed by atoms with van der Waals surface area (Å²) in [6.07, 6.45) is 0. The molecule has 0 fully saturated rings. The van der Waals surface area contributed by atoms with E-state index in [9.17, 15) is 5.11 Å². The standard InChI is InChI=1S/C7H7O.CHN.CHO2/c8-6-7-4-2-1-3-5-7;1-2;2-1-3/h1-5H,6H2;1H;(H,2,3). The molecule has 0 aliphatic carbocycles. The highest BCUT2D eigenvalue weighted by Crippen LogP contribution is 1.95. The van der Waals surface area contributed by atoms with Gasteiger partial charge < -0.3 is 5.11 Å². The Morgan fingerprint density at radius 1 is 1.31 bits per heavy atom.